The van der Waals surface area contributed by atoms with Crippen molar-refractivity contribution >= 4 is 30.1 Å². The van der Waals surface area contributed by atoms with Crippen molar-refractivity contribution in [1.82, 2.24) is 4.90 Å². The zero-order valence-corrected chi connectivity index (χ0v) is 10.7. The van der Waals surface area contributed by atoms with Gasteiger partial charge >= 0.3 is 0 Å². The van der Waals surface area contributed by atoms with E-state index in [-0.39, 0.29) is 17.2 Å². The van der Waals surface area contributed by atoms with E-state index in [1.54, 1.807) is 0 Å². The summed E-state index contributed by atoms with van der Waals surface area (Å²) in [5.41, 5.74) is 1.11. The molecule has 1 heterocycles. The molecule has 16 heavy (non-hydrogen) atoms. The van der Waals surface area contributed by atoms with Crippen molar-refractivity contribution in [2.75, 3.05) is 6.54 Å². The molecule has 1 saturated heterocycles. The van der Waals surface area contributed by atoms with E-state index in [4.69, 9.17) is 11.6 Å². The van der Waals surface area contributed by atoms with Gasteiger partial charge < -0.3 is 4.90 Å². The molecular formula is C12H14ClNOS. The van der Waals surface area contributed by atoms with E-state index in [0.717, 1.165) is 17.1 Å². The first-order valence-corrected chi connectivity index (χ1v) is 6.20. The number of benzene rings is 1. The highest BCUT2D eigenvalue weighted by atomic mass is 35.5. The molecule has 86 valence electrons. The summed E-state index contributed by atoms with van der Waals surface area (Å²) >= 11 is 10.2. The Morgan fingerprint density at radius 3 is 2.56 bits per heavy atom. The lowest BCUT2D eigenvalue weighted by atomic mass is 10.1. The molecule has 1 aliphatic heterocycles. The van der Waals surface area contributed by atoms with E-state index >= 15 is 0 Å². The van der Waals surface area contributed by atoms with Crippen LogP contribution >= 0.6 is 24.2 Å². The highest BCUT2D eigenvalue weighted by molar-refractivity contribution is 7.81. The van der Waals surface area contributed by atoms with Crippen molar-refractivity contribution in [3.63, 3.8) is 0 Å². The minimum atomic E-state index is 0.0990. The second-order valence-corrected chi connectivity index (χ2v) is 5.30. The Morgan fingerprint density at radius 2 is 2.06 bits per heavy atom. The second-order valence-electron chi connectivity index (χ2n) is 4.13. The zero-order valence-electron chi connectivity index (χ0n) is 9.06. The van der Waals surface area contributed by atoms with Crippen molar-refractivity contribution < 1.29 is 4.79 Å². The molecule has 0 radical (unpaired) electrons. The average molecular weight is 256 g/mol. The molecule has 1 aliphatic rings. The number of rotatable bonds is 2. The summed E-state index contributed by atoms with van der Waals surface area (Å²) in [7, 11) is 0. The van der Waals surface area contributed by atoms with Crippen molar-refractivity contribution in [2.24, 2.45) is 0 Å². The van der Waals surface area contributed by atoms with E-state index in [9.17, 15) is 4.79 Å². The van der Waals surface area contributed by atoms with Crippen LogP contribution in [-0.2, 0) is 4.79 Å². The third-order valence-corrected chi connectivity index (χ3v) is 3.56. The van der Waals surface area contributed by atoms with Crippen LogP contribution < -0.4 is 0 Å². The number of hydrogen-bond donors (Lipinski definition) is 1. The number of likely N-dealkylation sites (tertiary alicyclic amines) is 1. The zero-order chi connectivity index (χ0) is 11.7. The Morgan fingerprint density at radius 1 is 1.44 bits per heavy atom. The summed E-state index contributed by atoms with van der Waals surface area (Å²) in [4.78, 5) is 13.6. The first kappa shape index (κ1) is 11.8. The summed E-state index contributed by atoms with van der Waals surface area (Å²) < 4.78 is 0. The van der Waals surface area contributed by atoms with E-state index in [2.05, 4.69) is 12.6 Å². The number of thiol groups is 1. The Bertz CT molecular complexity index is 393. The lowest BCUT2D eigenvalue weighted by Gasteiger charge is -2.24. The fourth-order valence-corrected chi connectivity index (χ4v) is 2.47. The van der Waals surface area contributed by atoms with Crippen LogP contribution in [0, 0.1) is 0 Å². The van der Waals surface area contributed by atoms with Gasteiger partial charge in [0.25, 0.3) is 0 Å². The number of carbonyl (C=O) groups is 1. The first-order chi connectivity index (χ1) is 7.58. The third-order valence-electron chi connectivity index (χ3n) is 2.96. The Kier molecular flexibility index (Phi) is 3.45. The minimum absolute atomic E-state index is 0.0990. The Labute approximate surface area is 106 Å². The van der Waals surface area contributed by atoms with Gasteiger partial charge in [-0.15, -0.1) is 0 Å². The average Bonchev–Trinajstić information content (AvgIpc) is 2.58. The monoisotopic (exact) mass is 255 g/mol. The van der Waals surface area contributed by atoms with Crippen molar-refractivity contribution in [1.29, 1.82) is 0 Å². The fourth-order valence-electron chi connectivity index (χ4n) is 2.01. The van der Waals surface area contributed by atoms with Gasteiger partial charge in [0.1, 0.15) is 0 Å². The maximum absolute atomic E-state index is 11.7. The van der Waals surface area contributed by atoms with Gasteiger partial charge in [-0.3, -0.25) is 4.79 Å². The van der Waals surface area contributed by atoms with Gasteiger partial charge in [-0.05, 0) is 24.6 Å². The van der Waals surface area contributed by atoms with E-state index < -0.39 is 0 Å². The van der Waals surface area contributed by atoms with Gasteiger partial charge in [0.2, 0.25) is 5.91 Å². The Balaban J connectivity index is 2.16. The molecule has 0 saturated carbocycles. The number of carbonyl (C=O) groups excluding carboxylic acids is 1. The van der Waals surface area contributed by atoms with Gasteiger partial charge in [-0.25, -0.2) is 0 Å². The molecule has 1 aromatic rings. The van der Waals surface area contributed by atoms with Crippen molar-refractivity contribution in [3.05, 3.63) is 34.9 Å². The molecule has 2 unspecified atom stereocenters. The molecule has 1 fully saturated rings. The van der Waals surface area contributed by atoms with E-state index in [1.807, 2.05) is 36.1 Å². The van der Waals surface area contributed by atoms with Gasteiger partial charge in [0.15, 0.2) is 0 Å². The highest BCUT2D eigenvalue weighted by Gasteiger charge is 2.31. The smallest absolute Gasteiger partial charge is 0.224 e. The molecule has 4 heteroatoms. The largest absolute Gasteiger partial charge is 0.335 e. The van der Waals surface area contributed by atoms with Crippen LogP contribution in [-0.4, -0.2) is 22.6 Å². The lowest BCUT2D eigenvalue weighted by Crippen LogP contribution is -2.28. The van der Waals surface area contributed by atoms with Crippen molar-refractivity contribution in [3.8, 4) is 0 Å². The fraction of sp³-hybridized carbons (Fsp3) is 0.417. The van der Waals surface area contributed by atoms with E-state index in [0.29, 0.717) is 6.42 Å². The molecule has 0 spiro atoms. The summed E-state index contributed by atoms with van der Waals surface area (Å²) in [6.07, 6.45) is 0.543. The molecule has 0 N–H and O–H groups in total. The van der Waals surface area contributed by atoms with Gasteiger partial charge in [-0.2, -0.15) is 12.6 Å². The van der Waals surface area contributed by atoms with Crippen LogP contribution in [0.15, 0.2) is 24.3 Å². The molecule has 0 aromatic heterocycles. The topological polar surface area (TPSA) is 20.3 Å². The molecule has 2 nitrogen and oxygen atoms in total. The number of amides is 1. The second kappa shape index (κ2) is 4.68. The summed E-state index contributed by atoms with van der Waals surface area (Å²) in [6.45, 7) is 2.76. The van der Waals surface area contributed by atoms with Gasteiger partial charge in [0.05, 0.1) is 6.04 Å². The standard InChI is InChI=1S/C12H14ClNOS/c1-8(9-2-4-10(13)5-3-9)14-7-11(16)6-12(14)15/h2-5,8,11,16H,6-7H2,1H3. The van der Waals surface area contributed by atoms with Crippen LogP contribution in [0.25, 0.3) is 0 Å². The molecule has 1 aromatic carbocycles. The number of nitrogens with zero attached hydrogens (tertiary/aromatic N) is 1. The predicted molar refractivity (Wildman–Crippen MR) is 69.0 cm³/mol. The van der Waals surface area contributed by atoms with Crippen LogP contribution in [0.3, 0.4) is 0 Å². The van der Waals surface area contributed by atoms with Gasteiger partial charge in [0, 0.05) is 23.2 Å². The highest BCUT2D eigenvalue weighted by Crippen LogP contribution is 2.28. The SMILES string of the molecule is CC(c1ccc(Cl)cc1)N1CC(S)CC1=O. The summed E-state index contributed by atoms with van der Waals surface area (Å²) in [6, 6.07) is 7.73. The van der Waals surface area contributed by atoms with Crippen LogP contribution in [0.2, 0.25) is 5.02 Å². The quantitative estimate of drug-likeness (QED) is 0.806. The molecule has 0 aliphatic carbocycles. The van der Waals surface area contributed by atoms with Crippen LogP contribution in [0.1, 0.15) is 24.9 Å². The first-order valence-electron chi connectivity index (χ1n) is 5.31. The molecule has 1 amide bonds. The van der Waals surface area contributed by atoms with Crippen molar-refractivity contribution in [2.45, 2.75) is 24.6 Å². The maximum atomic E-state index is 11.7. The van der Waals surface area contributed by atoms with Crippen LogP contribution in [0.4, 0.5) is 0 Å². The molecule has 2 atom stereocenters. The number of hydrogen-bond acceptors (Lipinski definition) is 2. The maximum Gasteiger partial charge on any atom is 0.224 e. The predicted octanol–water partition coefficient (Wildman–Crippen LogP) is 2.93. The summed E-state index contributed by atoms with van der Waals surface area (Å²) in [5, 5.41) is 0.887. The van der Waals surface area contributed by atoms with Crippen LogP contribution in [0.5, 0.6) is 0 Å². The Hall–Kier alpha value is -0.670. The normalized spacial score (nSPS) is 22.6. The molecular weight excluding hydrogens is 242 g/mol. The van der Waals surface area contributed by atoms with E-state index in [1.165, 1.54) is 0 Å². The third kappa shape index (κ3) is 2.36. The molecule has 2 rings (SSSR count). The molecule has 0 bridgehead atoms. The number of halogens is 1. The summed E-state index contributed by atoms with van der Waals surface area (Å²) in [5.74, 6) is 0.183. The van der Waals surface area contributed by atoms with Gasteiger partial charge in [-0.1, -0.05) is 23.7 Å². The minimum Gasteiger partial charge on any atom is -0.335 e. The lowest BCUT2D eigenvalue weighted by molar-refractivity contribution is -0.129.